The summed E-state index contributed by atoms with van der Waals surface area (Å²) in [5.41, 5.74) is 2.92. The van der Waals surface area contributed by atoms with Crippen LogP contribution in [0.25, 0.3) is 11.4 Å². The quantitative estimate of drug-likeness (QED) is 0.818. The van der Waals surface area contributed by atoms with Gasteiger partial charge < -0.3 is 4.98 Å². The Balaban J connectivity index is 2.56. The summed E-state index contributed by atoms with van der Waals surface area (Å²) in [6, 6.07) is 6.22. The number of aromatic amines is 1. The van der Waals surface area contributed by atoms with Crippen molar-refractivity contribution in [3.63, 3.8) is 0 Å². The molecule has 1 heterocycles. The topological polar surface area (TPSA) is 28.7 Å². The summed E-state index contributed by atoms with van der Waals surface area (Å²) in [5.74, 6) is 0.438. The highest BCUT2D eigenvalue weighted by atomic mass is 32.1. The lowest BCUT2D eigenvalue weighted by Gasteiger charge is -2.07. The molecule has 1 aromatic heterocycles. The molecule has 0 unspecified atom stereocenters. The van der Waals surface area contributed by atoms with E-state index in [0.717, 1.165) is 23.2 Å². The van der Waals surface area contributed by atoms with E-state index >= 15 is 0 Å². The lowest BCUT2D eigenvalue weighted by Crippen LogP contribution is -1.99. The van der Waals surface area contributed by atoms with Gasteiger partial charge in [0.15, 0.2) is 0 Å². The second-order valence-corrected chi connectivity index (χ2v) is 4.24. The van der Waals surface area contributed by atoms with Gasteiger partial charge in [0.05, 0.1) is 0 Å². The molecule has 1 aromatic carbocycles. The minimum Gasteiger partial charge on any atom is -0.343 e. The van der Waals surface area contributed by atoms with Crippen molar-refractivity contribution < 1.29 is 4.39 Å². The molecule has 0 atom stereocenters. The number of hydrogen-bond donors (Lipinski definition) is 1. The van der Waals surface area contributed by atoms with Crippen LogP contribution in [0.3, 0.4) is 0 Å². The standard InChI is InChI=1S/C13H13FN2S/c1-3-11-8(2)13(17)16-12(15-11)9-4-6-10(14)7-5-9/h4-7H,3H2,1-2H3,(H,15,16,17). The molecule has 0 bridgehead atoms. The van der Waals surface area contributed by atoms with E-state index in [9.17, 15) is 4.39 Å². The smallest absolute Gasteiger partial charge is 0.139 e. The maximum Gasteiger partial charge on any atom is 0.139 e. The zero-order valence-corrected chi connectivity index (χ0v) is 10.6. The second-order valence-electron chi connectivity index (χ2n) is 3.85. The van der Waals surface area contributed by atoms with Gasteiger partial charge in [-0.2, -0.15) is 0 Å². The van der Waals surface area contributed by atoms with Gasteiger partial charge in [0, 0.05) is 16.8 Å². The maximum absolute atomic E-state index is 12.8. The molecule has 0 aliphatic heterocycles. The average Bonchev–Trinajstić information content (AvgIpc) is 2.33. The van der Waals surface area contributed by atoms with E-state index in [4.69, 9.17) is 12.2 Å². The molecule has 2 aromatic rings. The molecule has 4 heteroatoms. The predicted octanol–water partition coefficient (Wildman–Crippen LogP) is 3.82. The first-order valence-electron chi connectivity index (χ1n) is 5.47. The summed E-state index contributed by atoms with van der Waals surface area (Å²) in [7, 11) is 0. The van der Waals surface area contributed by atoms with Gasteiger partial charge in [-0.3, -0.25) is 0 Å². The first-order chi connectivity index (χ1) is 8.11. The number of aryl methyl sites for hydroxylation is 1. The number of rotatable bonds is 2. The Morgan fingerprint density at radius 1 is 1.29 bits per heavy atom. The minimum absolute atomic E-state index is 0.254. The van der Waals surface area contributed by atoms with Crippen LogP contribution in [0.5, 0.6) is 0 Å². The molecule has 0 amide bonds. The summed E-state index contributed by atoms with van der Waals surface area (Å²) in [6.07, 6.45) is 0.867. The fraction of sp³-hybridized carbons (Fsp3) is 0.231. The van der Waals surface area contributed by atoms with Crippen LogP contribution in [0.1, 0.15) is 18.2 Å². The van der Waals surface area contributed by atoms with Crippen LogP contribution >= 0.6 is 12.2 Å². The summed E-state index contributed by atoms with van der Waals surface area (Å²) in [6.45, 7) is 4.02. The third-order valence-electron chi connectivity index (χ3n) is 2.73. The molecule has 0 saturated carbocycles. The van der Waals surface area contributed by atoms with E-state index in [2.05, 4.69) is 16.9 Å². The van der Waals surface area contributed by atoms with Gasteiger partial charge in [-0.15, -0.1) is 0 Å². The van der Waals surface area contributed by atoms with Gasteiger partial charge in [-0.25, -0.2) is 9.37 Å². The zero-order valence-electron chi connectivity index (χ0n) is 9.75. The molecule has 2 nitrogen and oxygen atoms in total. The Kier molecular flexibility index (Phi) is 3.33. The molecular weight excluding hydrogens is 235 g/mol. The lowest BCUT2D eigenvalue weighted by atomic mass is 10.1. The van der Waals surface area contributed by atoms with E-state index in [1.54, 1.807) is 12.1 Å². The maximum atomic E-state index is 12.8. The van der Waals surface area contributed by atoms with Crippen LogP contribution in [0.15, 0.2) is 24.3 Å². The molecule has 0 spiro atoms. The van der Waals surface area contributed by atoms with Crippen LogP contribution in [0.4, 0.5) is 4.39 Å². The van der Waals surface area contributed by atoms with Crippen molar-refractivity contribution in [1.29, 1.82) is 0 Å². The molecule has 17 heavy (non-hydrogen) atoms. The molecule has 0 aliphatic rings. The Labute approximate surface area is 105 Å². The fourth-order valence-electron chi connectivity index (χ4n) is 1.68. The number of nitrogens with zero attached hydrogens (tertiary/aromatic N) is 1. The first kappa shape index (κ1) is 11.9. The number of H-pyrrole nitrogens is 1. The number of benzene rings is 1. The Bertz CT molecular complexity index is 587. The van der Waals surface area contributed by atoms with E-state index in [0.29, 0.717) is 10.5 Å². The number of aromatic nitrogens is 2. The summed E-state index contributed by atoms with van der Waals surface area (Å²) in [4.78, 5) is 7.56. The largest absolute Gasteiger partial charge is 0.343 e. The first-order valence-corrected chi connectivity index (χ1v) is 5.88. The third kappa shape index (κ3) is 2.42. The molecular formula is C13H13FN2S. The highest BCUT2D eigenvalue weighted by Crippen LogP contribution is 2.17. The average molecular weight is 248 g/mol. The van der Waals surface area contributed by atoms with E-state index in [1.807, 2.05) is 6.92 Å². The van der Waals surface area contributed by atoms with Gasteiger partial charge in [0.25, 0.3) is 0 Å². The minimum atomic E-state index is -0.254. The molecule has 0 radical (unpaired) electrons. The van der Waals surface area contributed by atoms with Crippen molar-refractivity contribution in [3.8, 4) is 11.4 Å². The van der Waals surface area contributed by atoms with Crippen LogP contribution in [0, 0.1) is 17.4 Å². The van der Waals surface area contributed by atoms with Gasteiger partial charge in [0.2, 0.25) is 0 Å². The molecule has 1 N–H and O–H groups in total. The van der Waals surface area contributed by atoms with Crippen LogP contribution in [-0.2, 0) is 6.42 Å². The van der Waals surface area contributed by atoms with Gasteiger partial charge >= 0.3 is 0 Å². The van der Waals surface area contributed by atoms with Crippen molar-refractivity contribution in [2.24, 2.45) is 0 Å². The number of nitrogens with one attached hydrogen (secondary N) is 1. The van der Waals surface area contributed by atoms with Gasteiger partial charge in [0.1, 0.15) is 16.3 Å². The zero-order chi connectivity index (χ0) is 12.4. The van der Waals surface area contributed by atoms with Crippen LogP contribution in [-0.4, -0.2) is 9.97 Å². The summed E-state index contributed by atoms with van der Waals surface area (Å²) < 4.78 is 13.4. The lowest BCUT2D eigenvalue weighted by molar-refractivity contribution is 0.628. The Morgan fingerprint density at radius 2 is 1.94 bits per heavy atom. The molecule has 2 rings (SSSR count). The Morgan fingerprint density at radius 3 is 2.53 bits per heavy atom. The SMILES string of the molecule is CCc1[nH]c(-c2ccc(F)cc2)nc(=S)c1C. The highest BCUT2D eigenvalue weighted by Gasteiger charge is 2.05. The van der Waals surface area contributed by atoms with Crippen LogP contribution in [0.2, 0.25) is 0 Å². The van der Waals surface area contributed by atoms with Crippen LogP contribution < -0.4 is 0 Å². The fourth-order valence-corrected chi connectivity index (χ4v) is 1.89. The van der Waals surface area contributed by atoms with Gasteiger partial charge in [-0.05, 0) is 37.6 Å². The van der Waals surface area contributed by atoms with Gasteiger partial charge in [-0.1, -0.05) is 19.1 Å². The van der Waals surface area contributed by atoms with E-state index in [-0.39, 0.29) is 5.82 Å². The predicted molar refractivity (Wildman–Crippen MR) is 68.9 cm³/mol. The van der Waals surface area contributed by atoms with Crippen molar-refractivity contribution in [2.75, 3.05) is 0 Å². The van der Waals surface area contributed by atoms with Crippen molar-refractivity contribution in [1.82, 2.24) is 9.97 Å². The molecule has 88 valence electrons. The highest BCUT2D eigenvalue weighted by molar-refractivity contribution is 7.71. The second kappa shape index (κ2) is 4.75. The van der Waals surface area contributed by atoms with E-state index in [1.165, 1.54) is 12.1 Å². The monoisotopic (exact) mass is 248 g/mol. The molecule has 0 fully saturated rings. The molecule has 0 saturated heterocycles. The Hall–Kier alpha value is -1.55. The number of hydrogen-bond acceptors (Lipinski definition) is 2. The summed E-state index contributed by atoms with van der Waals surface area (Å²) in [5, 5.41) is 0. The van der Waals surface area contributed by atoms with Crippen molar-refractivity contribution >= 4 is 12.2 Å². The van der Waals surface area contributed by atoms with Crippen molar-refractivity contribution in [3.05, 3.63) is 46.0 Å². The molecule has 0 aliphatic carbocycles. The third-order valence-corrected chi connectivity index (χ3v) is 3.12. The normalized spacial score (nSPS) is 10.5. The van der Waals surface area contributed by atoms with Crippen molar-refractivity contribution in [2.45, 2.75) is 20.3 Å². The number of halogens is 1. The summed E-state index contributed by atoms with van der Waals surface area (Å²) >= 11 is 5.22. The van der Waals surface area contributed by atoms with E-state index < -0.39 is 0 Å².